The van der Waals surface area contributed by atoms with Gasteiger partial charge in [-0.25, -0.2) is 0 Å². The third-order valence-corrected chi connectivity index (χ3v) is 8.33. The smallest absolute Gasteiger partial charge is 0.317 e. The van der Waals surface area contributed by atoms with Crippen molar-refractivity contribution in [3.63, 3.8) is 0 Å². The van der Waals surface area contributed by atoms with E-state index in [1.54, 1.807) is 0 Å². The van der Waals surface area contributed by atoms with Crippen LogP contribution in [-0.2, 0) is 16.0 Å². The Hall–Kier alpha value is -4.08. The minimum Gasteiger partial charge on any atom is -0.480 e. The predicted octanol–water partition coefficient (Wildman–Crippen LogP) is 8.07. The summed E-state index contributed by atoms with van der Waals surface area (Å²) in [5.41, 5.74) is 6.45. The Morgan fingerprint density at radius 3 is 1.35 bits per heavy atom. The monoisotopic (exact) mass is 500 g/mol. The number of carboxylic acid groups (broad SMARTS) is 1. The topological polar surface area (TPSA) is 37.3 Å². The summed E-state index contributed by atoms with van der Waals surface area (Å²) in [6.07, 6.45) is 0.420. The minimum atomic E-state index is -0.815. The van der Waals surface area contributed by atoms with Gasteiger partial charge in [0.15, 0.2) is 0 Å². The molecule has 0 saturated heterocycles. The maximum Gasteiger partial charge on any atom is 0.317 e. The lowest BCUT2D eigenvalue weighted by molar-refractivity contribution is -0.136. The molecule has 5 aromatic carbocycles. The highest BCUT2D eigenvalue weighted by Crippen LogP contribution is 2.50. The first kappa shape index (κ1) is 24.6. The average molecular weight is 501 g/mol. The third-order valence-electron chi connectivity index (χ3n) is 6.62. The molecule has 0 aromatic heterocycles. The van der Waals surface area contributed by atoms with E-state index in [0.717, 1.165) is 33.4 Å². The van der Waals surface area contributed by atoms with Crippen molar-refractivity contribution in [3.05, 3.63) is 168 Å². The van der Waals surface area contributed by atoms with Gasteiger partial charge in [0.2, 0.25) is 0 Å². The van der Waals surface area contributed by atoms with Crippen molar-refractivity contribution in [1.29, 1.82) is 0 Å². The fourth-order valence-corrected chi connectivity index (χ4v) is 6.41. The molecular weight excluding hydrogens is 472 g/mol. The molecule has 0 spiro atoms. The zero-order valence-corrected chi connectivity index (χ0v) is 21.2. The number of aliphatic carboxylic acids is 1. The van der Waals surface area contributed by atoms with Crippen molar-refractivity contribution in [2.75, 3.05) is 0 Å². The lowest BCUT2D eigenvalue weighted by Crippen LogP contribution is -2.32. The summed E-state index contributed by atoms with van der Waals surface area (Å²) in [5, 5.41) is 9.79. The Morgan fingerprint density at radius 2 is 0.946 bits per heavy atom. The first-order valence-electron chi connectivity index (χ1n) is 12.4. The van der Waals surface area contributed by atoms with Crippen LogP contribution in [0.2, 0.25) is 0 Å². The minimum absolute atomic E-state index is 0.420. The quantitative estimate of drug-likeness (QED) is 0.208. The zero-order valence-electron chi connectivity index (χ0n) is 20.4. The summed E-state index contributed by atoms with van der Waals surface area (Å²) in [4.78, 5) is 12.7. The van der Waals surface area contributed by atoms with Crippen LogP contribution in [0.25, 0.3) is 11.1 Å². The van der Waals surface area contributed by atoms with Crippen molar-refractivity contribution >= 4 is 17.7 Å². The van der Waals surface area contributed by atoms with Crippen molar-refractivity contribution in [3.8, 4) is 11.1 Å². The molecule has 0 bridgehead atoms. The van der Waals surface area contributed by atoms with Crippen molar-refractivity contribution in [1.82, 2.24) is 0 Å². The van der Waals surface area contributed by atoms with E-state index >= 15 is 0 Å². The molecule has 1 unspecified atom stereocenters. The Bertz CT molecular complexity index is 1320. The number of rotatable bonds is 9. The van der Waals surface area contributed by atoms with Crippen LogP contribution < -0.4 is 0 Å². The second kappa shape index (κ2) is 11.3. The molecule has 5 rings (SSSR count). The molecule has 182 valence electrons. The number of benzene rings is 5. The number of carboxylic acids is 1. The van der Waals surface area contributed by atoms with Gasteiger partial charge >= 0.3 is 5.97 Å². The fourth-order valence-electron chi connectivity index (χ4n) is 4.79. The lowest BCUT2D eigenvalue weighted by Gasteiger charge is -2.37. The normalized spacial score (nSPS) is 12.1. The van der Waals surface area contributed by atoms with Gasteiger partial charge in [-0.2, -0.15) is 0 Å². The van der Waals surface area contributed by atoms with E-state index < -0.39 is 16.0 Å². The lowest BCUT2D eigenvalue weighted by atomic mass is 9.84. The van der Waals surface area contributed by atoms with Gasteiger partial charge in [0, 0.05) is 0 Å². The first-order chi connectivity index (χ1) is 18.2. The summed E-state index contributed by atoms with van der Waals surface area (Å²) in [6, 6.07) is 49.2. The van der Waals surface area contributed by atoms with E-state index in [-0.39, 0.29) is 0 Å². The molecule has 0 aliphatic heterocycles. The molecule has 1 atom stereocenters. The molecule has 3 heteroatoms. The van der Waals surface area contributed by atoms with Crippen LogP contribution in [0.3, 0.4) is 0 Å². The highest BCUT2D eigenvalue weighted by Gasteiger charge is 2.41. The van der Waals surface area contributed by atoms with Gasteiger partial charge in [-0.05, 0) is 39.8 Å². The van der Waals surface area contributed by atoms with Crippen LogP contribution >= 0.6 is 11.8 Å². The maximum absolute atomic E-state index is 12.7. The highest BCUT2D eigenvalue weighted by molar-refractivity contribution is 8.01. The van der Waals surface area contributed by atoms with Gasteiger partial charge in [-0.3, -0.25) is 4.79 Å². The summed E-state index contributed by atoms with van der Waals surface area (Å²) >= 11 is 1.50. The van der Waals surface area contributed by atoms with E-state index in [0.29, 0.717) is 6.42 Å². The van der Waals surface area contributed by atoms with Gasteiger partial charge in [0.1, 0.15) is 5.25 Å². The van der Waals surface area contributed by atoms with Crippen LogP contribution in [-0.4, -0.2) is 16.3 Å². The maximum atomic E-state index is 12.7. The standard InChI is InChI=1S/C34H28O2S/c35-33(36)32(25-26-21-23-28(24-22-26)27-13-5-1-6-14-27)37-34(29-15-7-2-8-16-29,30-17-9-3-10-18-30)31-19-11-4-12-20-31/h1-24,32H,25H2,(H,35,36). The Labute approximate surface area is 222 Å². The van der Waals surface area contributed by atoms with E-state index in [2.05, 4.69) is 60.7 Å². The summed E-state index contributed by atoms with van der Waals surface area (Å²) in [7, 11) is 0. The Kier molecular flexibility index (Phi) is 7.53. The highest BCUT2D eigenvalue weighted by atomic mass is 32.2. The SMILES string of the molecule is O=C(O)C(Cc1ccc(-c2ccccc2)cc1)SC(c1ccccc1)(c1ccccc1)c1ccccc1. The van der Waals surface area contributed by atoms with Crippen molar-refractivity contribution in [2.24, 2.45) is 0 Å². The Balaban J connectivity index is 1.56. The molecule has 0 heterocycles. The number of carbonyl (C=O) groups is 1. The molecular formula is C34H28O2S. The van der Waals surface area contributed by atoms with E-state index in [4.69, 9.17) is 0 Å². The molecule has 0 fully saturated rings. The average Bonchev–Trinajstić information content (AvgIpc) is 2.97. The second-order valence-corrected chi connectivity index (χ2v) is 10.4. The molecule has 0 radical (unpaired) electrons. The molecule has 2 nitrogen and oxygen atoms in total. The number of thioether (sulfide) groups is 1. The van der Waals surface area contributed by atoms with Crippen LogP contribution in [0.4, 0.5) is 0 Å². The van der Waals surface area contributed by atoms with Gasteiger partial charge in [0.05, 0.1) is 4.75 Å². The summed E-state index contributed by atoms with van der Waals surface area (Å²) < 4.78 is -0.684. The molecule has 1 N–H and O–H groups in total. The molecule has 0 aliphatic rings. The van der Waals surface area contributed by atoms with Crippen molar-refractivity contribution in [2.45, 2.75) is 16.4 Å². The van der Waals surface area contributed by atoms with E-state index in [9.17, 15) is 9.90 Å². The summed E-state index contributed by atoms with van der Waals surface area (Å²) in [5.74, 6) is -0.815. The molecule has 37 heavy (non-hydrogen) atoms. The molecule has 0 aliphatic carbocycles. The van der Waals surface area contributed by atoms with Gasteiger partial charge in [0.25, 0.3) is 0 Å². The molecule has 0 amide bonds. The van der Waals surface area contributed by atoms with Gasteiger partial charge < -0.3 is 5.11 Å². The van der Waals surface area contributed by atoms with Crippen molar-refractivity contribution < 1.29 is 9.90 Å². The van der Waals surface area contributed by atoms with Crippen LogP contribution in [0.1, 0.15) is 22.3 Å². The molecule has 0 saturated carbocycles. The van der Waals surface area contributed by atoms with Crippen LogP contribution in [0.5, 0.6) is 0 Å². The first-order valence-corrected chi connectivity index (χ1v) is 13.3. The number of hydrogen-bond acceptors (Lipinski definition) is 2. The van der Waals surface area contributed by atoms with Gasteiger partial charge in [-0.1, -0.05) is 146 Å². The fraction of sp³-hybridized carbons (Fsp3) is 0.0882. The Morgan fingerprint density at radius 1 is 0.568 bits per heavy atom. The van der Waals surface area contributed by atoms with Gasteiger partial charge in [-0.15, -0.1) is 11.8 Å². The number of hydrogen-bond donors (Lipinski definition) is 1. The predicted molar refractivity (Wildman–Crippen MR) is 154 cm³/mol. The zero-order chi connectivity index (χ0) is 25.5. The second-order valence-electron chi connectivity index (χ2n) is 8.99. The van der Waals surface area contributed by atoms with Crippen LogP contribution in [0.15, 0.2) is 146 Å². The third kappa shape index (κ3) is 5.37. The largest absolute Gasteiger partial charge is 0.480 e. The van der Waals surface area contributed by atoms with E-state index in [1.807, 2.05) is 84.9 Å². The van der Waals surface area contributed by atoms with Crippen LogP contribution in [0, 0.1) is 0 Å². The summed E-state index contributed by atoms with van der Waals surface area (Å²) in [6.45, 7) is 0. The molecule has 5 aromatic rings. The van der Waals surface area contributed by atoms with E-state index in [1.165, 1.54) is 11.8 Å².